The molecule has 37 heavy (non-hydrogen) atoms. The number of nitrogens with zero attached hydrogens (tertiary/aromatic N) is 3. The van der Waals surface area contributed by atoms with Crippen molar-refractivity contribution in [2.24, 2.45) is 0 Å². The summed E-state index contributed by atoms with van der Waals surface area (Å²) in [5.41, 5.74) is 2.18. The standard InChI is InChI=1S/C26H34N6O5/c1-15-7-8-16(26(2,3)4)13-19(15)37-25-29-18(14-36-25)21(33)30-20-22(34-5)31-24(32-23(20)35-6)28-17-9-11-27-12-10-17/h7-8,13-14,17,27H,9-12H2,1-6H3,(H,30,33)(H,28,31,32). The number of nitrogens with one attached hydrogen (secondary N) is 3. The fourth-order valence-electron chi connectivity index (χ4n) is 3.89. The lowest BCUT2D eigenvalue weighted by Crippen LogP contribution is -2.35. The highest BCUT2D eigenvalue weighted by atomic mass is 16.6. The minimum atomic E-state index is -0.557. The Bertz CT molecular complexity index is 1220. The van der Waals surface area contributed by atoms with Crippen LogP contribution in [0.15, 0.2) is 28.9 Å². The van der Waals surface area contributed by atoms with E-state index < -0.39 is 5.91 Å². The molecule has 0 saturated carbocycles. The third-order valence-electron chi connectivity index (χ3n) is 6.11. The number of carbonyl (C=O) groups is 1. The lowest BCUT2D eigenvalue weighted by molar-refractivity contribution is 0.102. The van der Waals surface area contributed by atoms with E-state index >= 15 is 0 Å². The van der Waals surface area contributed by atoms with Gasteiger partial charge in [-0.1, -0.05) is 32.9 Å². The number of hydrogen-bond donors (Lipinski definition) is 3. The van der Waals surface area contributed by atoms with Crippen molar-refractivity contribution in [3.8, 4) is 23.6 Å². The van der Waals surface area contributed by atoms with Crippen molar-refractivity contribution >= 4 is 17.5 Å². The number of piperidine rings is 1. The van der Waals surface area contributed by atoms with Crippen molar-refractivity contribution < 1.29 is 23.4 Å². The molecule has 0 spiro atoms. The Morgan fingerprint density at radius 1 is 1.08 bits per heavy atom. The summed E-state index contributed by atoms with van der Waals surface area (Å²) in [6.45, 7) is 10.1. The predicted octanol–water partition coefficient (Wildman–Crippen LogP) is 4.30. The summed E-state index contributed by atoms with van der Waals surface area (Å²) in [5, 5.41) is 9.34. The molecule has 4 rings (SSSR count). The zero-order valence-electron chi connectivity index (χ0n) is 22.1. The second kappa shape index (κ2) is 11.0. The molecule has 0 aliphatic carbocycles. The first-order chi connectivity index (χ1) is 17.7. The lowest BCUT2D eigenvalue weighted by atomic mass is 9.86. The molecule has 0 atom stereocenters. The Hall–Kier alpha value is -3.86. The number of carbonyl (C=O) groups excluding carboxylic acids is 1. The van der Waals surface area contributed by atoms with Gasteiger partial charge in [-0.3, -0.25) is 4.79 Å². The van der Waals surface area contributed by atoms with Gasteiger partial charge in [0.25, 0.3) is 5.91 Å². The monoisotopic (exact) mass is 510 g/mol. The third kappa shape index (κ3) is 6.29. The first kappa shape index (κ1) is 26.2. The SMILES string of the molecule is COc1nc(NC2CCNCC2)nc(OC)c1NC(=O)c1coc(Oc2cc(C(C)(C)C)ccc2C)n1. The van der Waals surface area contributed by atoms with Crippen LogP contribution in [-0.2, 0) is 5.41 Å². The molecule has 1 aromatic carbocycles. The fourth-order valence-corrected chi connectivity index (χ4v) is 3.89. The van der Waals surface area contributed by atoms with Gasteiger partial charge in [0.1, 0.15) is 12.0 Å². The summed E-state index contributed by atoms with van der Waals surface area (Å²) >= 11 is 0. The van der Waals surface area contributed by atoms with Crippen molar-refractivity contribution in [3.05, 3.63) is 41.3 Å². The second-order valence-electron chi connectivity index (χ2n) is 9.89. The molecule has 0 bridgehead atoms. The lowest BCUT2D eigenvalue weighted by Gasteiger charge is -2.24. The number of anilines is 2. The Kier molecular flexibility index (Phi) is 7.82. The number of rotatable bonds is 8. The molecule has 3 N–H and O–H groups in total. The van der Waals surface area contributed by atoms with Crippen molar-refractivity contribution in [1.29, 1.82) is 0 Å². The highest BCUT2D eigenvalue weighted by Crippen LogP contribution is 2.34. The van der Waals surface area contributed by atoms with Crippen LogP contribution >= 0.6 is 0 Å². The van der Waals surface area contributed by atoms with E-state index in [0.717, 1.165) is 37.1 Å². The van der Waals surface area contributed by atoms with Gasteiger partial charge in [0.2, 0.25) is 17.7 Å². The van der Waals surface area contributed by atoms with Crippen molar-refractivity contribution in [2.45, 2.75) is 52.0 Å². The van der Waals surface area contributed by atoms with E-state index in [1.165, 1.54) is 20.5 Å². The van der Waals surface area contributed by atoms with E-state index in [1.807, 2.05) is 19.1 Å². The van der Waals surface area contributed by atoms with E-state index in [9.17, 15) is 4.79 Å². The Labute approximate surface area is 216 Å². The summed E-state index contributed by atoms with van der Waals surface area (Å²) in [7, 11) is 2.92. The number of hydrogen-bond acceptors (Lipinski definition) is 10. The van der Waals surface area contributed by atoms with Crippen LogP contribution < -0.4 is 30.2 Å². The minimum absolute atomic E-state index is 0.0145. The van der Waals surface area contributed by atoms with Crippen molar-refractivity contribution in [1.82, 2.24) is 20.3 Å². The molecular weight excluding hydrogens is 476 g/mol. The van der Waals surface area contributed by atoms with Gasteiger partial charge in [0, 0.05) is 6.04 Å². The van der Waals surface area contributed by atoms with Crippen molar-refractivity contribution in [2.75, 3.05) is 37.9 Å². The average Bonchev–Trinajstić information content (AvgIpc) is 3.34. The summed E-state index contributed by atoms with van der Waals surface area (Å²) < 4.78 is 22.1. The average molecular weight is 511 g/mol. The second-order valence-corrected chi connectivity index (χ2v) is 9.89. The van der Waals surface area contributed by atoms with E-state index in [1.54, 1.807) is 0 Å². The Morgan fingerprint density at radius 3 is 2.38 bits per heavy atom. The summed E-state index contributed by atoms with van der Waals surface area (Å²) in [5.74, 6) is 0.730. The molecule has 0 unspecified atom stereocenters. The predicted molar refractivity (Wildman–Crippen MR) is 139 cm³/mol. The fraction of sp³-hybridized carbons (Fsp3) is 0.462. The maximum Gasteiger partial charge on any atom is 0.399 e. The summed E-state index contributed by atoms with van der Waals surface area (Å²) in [6.07, 6.45) is 3.07. The minimum Gasteiger partial charge on any atom is -0.479 e. The summed E-state index contributed by atoms with van der Waals surface area (Å²) in [6, 6.07) is 6.23. The van der Waals surface area contributed by atoms with Crippen LogP contribution in [0, 0.1) is 6.92 Å². The molecule has 11 nitrogen and oxygen atoms in total. The number of aromatic nitrogens is 3. The molecule has 1 aliphatic rings. The maximum absolute atomic E-state index is 13.0. The van der Waals surface area contributed by atoms with Gasteiger partial charge in [-0.05, 0) is 55.5 Å². The van der Waals surface area contributed by atoms with Gasteiger partial charge in [0.05, 0.1) is 14.2 Å². The molecule has 1 aliphatic heterocycles. The number of ether oxygens (including phenoxy) is 3. The molecule has 3 aromatic rings. The van der Waals surface area contributed by atoms with Gasteiger partial charge in [-0.2, -0.15) is 15.0 Å². The zero-order valence-corrected chi connectivity index (χ0v) is 22.1. The van der Waals surface area contributed by atoms with Crippen LogP contribution in [0.1, 0.15) is 55.2 Å². The zero-order chi connectivity index (χ0) is 26.6. The first-order valence-corrected chi connectivity index (χ1v) is 12.2. The highest BCUT2D eigenvalue weighted by Gasteiger charge is 2.23. The van der Waals surface area contributed by atoms with Gasteiger partial charge in [-0.15, -0.1) is 0 Å². The topological polar surface area (TPSA) is 133 Å². The number of methoxy groups -OCH3 is 2. The smallest absolute Gasteiger partial charge is 0.399 e. The van der Waals surface area contributed by atoms with E-state index in [-0.39, 0.29) is 40.7 Å². The van der Waals surface area contributed by atoms with Gasteiger partial charge < -0.3 is 34.6 Å². The molecular formula is C26H34N6O5. The molecule has 0 radical (unpaired) electrons. The Balaban J connectivity index is 1.50. The maximum atomic E-state index is 13.0. The number of benzene rings is 1. The quantitative estimate of drug-likeness (QED) is 0.403. The molecule has 1 amide bonds. The van der Waals surface area contributed by atoms with E-state index in [0.29, 0.717) is 11.7 Å². The van der Waals surface area contributed by atoms with Crippen LogP contribution in [0.5, 0.6) is 23.6 Å². The first-order valence-electron chi connectivity index (χ1n) is 12.2. The van der Waals surface area contributed by atoms with Crippen molar-refractivity contribution in [3.63, 3.8) is 0 Å². The number of aryl methyl sites for hydroxylation is 1. The van der Waals surface area contributed by atoms with Gasteiger partial charge >= 0.3 is 6.08 Å². The Morgan fingerprint density at radius 2 is 1.76 bits per heavy atom. The molecule has 3 heterocycles. The van der Waals surface area contributed by atoms with Crippen LogP contribution in [0.25, 0.3) is 0 Å². The molecule has 2 aromatic heterocycles. The van der Waals surface area contributed by atoms with Gasteiger partial charge in [0.15, 0.2) is 11.4 Å². The van der Waals surface area contributed by atoms with E-state index in [2.05, 4.69) is 57.7 Å². The van der Waals surface area contributed by atoms with Crippen LogP contribution in [0.4, 0.5) is 11.6 Å². The van der Waals surface area contributed by atoms with Crippen LogP contribution in [-0.4, -0.2) is 54.2 Å². The number of amides is 1. The van der Waals surface area contributed by atoms with Crippen LogP contribution in [0.2, 0.25) is 0 Å². The third-order valence-corrected chi connectivity index (χ3v) is 6.11. The molecule has 198 valence electrons. The van der Waals surface area contributed by atoms with Gasteiger partial charge in [-0.25, -0.2) is 0 Å². The summed E-state index contributed by atoms with van der Waals surface area (Å²) in [4.78, 5) is 26.0. The molecule has 1 fully saturated rings. The number of oxazole rings is 1. The highest BCUT2D eigenvalue weighted by molar-refractivity contribution is 6.04. The van der Waals surface area contributed by atoms with Crippen LogP contribution in [0.3, 0.4) is 0 Å². The molecule has 1 saturated heterocycles. The molecule has 11 heteroatoms. The largest absolute Gasteiger partial charge is 0.479 e. The van der Waals surface area contributed by atoms with E-state index in [4.69, 9.17) is 18.6 Å². The normalized spacial score (nSPS) is 14.2.